The fraction of sp³-hybridized carbons (Fsp3) is 0.348. The summed E-state index contributed by atoms with van der Waals surface area (Å²) in [7, 11) is 0. The van der Waals surface area contributed by atoms with Crippen molar-refractivity contribution in [2.45, 2.75) is 19.4 Å². The van der Waals surface area contributed by atoms with E-state index in [2.05, 4.69) is 33.4 Å². The number of hydrogen-bond donors (Lipinski definition) is 2. The van der Waals surface area contributed by atoms with Gasteiger partial charge in [0.15, 0.2) is 5.82 Å². The van der Waals surface area contributed by atoms with E-state index in [0.717, 1.165) is 78.5 Å². The molecule has 0 bridgehead atoms. The number of anilines is 2. The Morgan fingerprint density at radius 2 is 2.00 bits per heavy atom. The molecule has 2 N–H and O–H groups in total. The number of rotatable bonds is 4. The molecule has 0 unspecified atom stereocenters. The minimum atomic E-state index is 0.116. The van der Waals surface area contributed by atoms with E-state index in [1.807, 2.05) is 18.2 Å². The molecule has 30 heavy (non-hydrogen) atoms. The van der Waals surface area contributed by atoms with Crippen LogP contribution in [0.1, 0.15) is 29.8 Å². The summed E-state index contributed by atoms with van der Waals surface area (Å²) in [5, 5.41) is 3.04. The number of imidazole rings is 1. The Bertz CT molecular complexity index is 1170. The first kappa shape index (κ1) is 17.7. The number of carbonyl (C=O) groups is 1. The van der Waals surface area contributed by atoms with E-state index in [-0.39, 0.29) is 11.8 Å². The Kier molecular flexibility index (Phi) is 4.09. The number of aliphatic imine (C=N–C) groups is 1. The van der Waals surface area contributed by atoms with E-state index in [1.165, 1.54) is 5.69 Å². The van der Waals surface area contributed by atoms with Gasteiger partial charge in [-0.05, 0) is 48.7 Å². The molecule has 3 aliphatic rings. The first-order chi connectivity index (χ1) is 14.7. The molecule has 6 rings (SSSR count). The lowest BCUT2D eigenvalue weighted by molar-refractivity contribution is -0.117. The van der Waals surface area contributed by atoms with Crippen molar-refractivity contribution in [1.29, 1.82) is 0 Å². The average Bonchev–Trinajstić information content (AvgIpc) is 3.42. The lowest BCUT2D eigenvalue weighted by Gasteiger charge is -2.28. The number of fused-ring (bicyclic) bond motifs is 2. The van der Waals surface area contributed by atoms with Gasteiger partial charge in [0.05, 0.1) is 30.8 Å². The van der Waals surface area contributed by atoms with Crippen molar-refractivity contribution in [2.24, 2.45) is 10.9 Å². The molecule has 3 aromatic rings. The van der Waals surface area contributed by atoms with Crippen LogP contribution in [0.5, 0.6) is 0 Å². The predicted molar refractivity (Wildman–Crippen MR) is 116 cm³/mol. The largest absolute Gasteiger partial charge is 0.378 e. The number of morpholine rings is 1. The fourth-order valence-corrected chi connectivity index (χ4v) is 4.18. The number of amides is 1. The molecule has 2 aliphatic heterocycles. The number of aromatic nitrogens is 2. The first-order valence-electron chi connectivity index (χ1n) is 10.6. The van der Waals surface area contributed by atoms with E-state index in [1.54, 1.807) is 0 Å². The summed E-state index contributed by atoms with van der Waals surface area (Å²) in [5.41, 5.74) is 6.99. The molecule has 7 nitrogen and oxygen atoms in total. The summed E-state index contributed by atoms with van der Waals surface area (Å²) in [6.07, 6.45) is 1.99. The van der Waals surface area contributed by atoms with Gasteiger partial charge in [0.1, 0.15) is 5.71 Å². The van der Waals surface area contributed by atoms with E-state index in [0.29, 0.717) is 6.54 Å². The average molecular weight is 401 g/mol. The Labute approximate surface area is 174 Å². The second kappa shape index (κ2) is 6.95. The van der Waals surface area contributed by atoms with Crippen molar-refractivity contribution >= 4 is 34.0 Å². The monoisotopic (exact) mass is 401 g/mol. The van der Waals surface area contributed by atoms with Crippen LogP contribution in [0, 0.1) is 5.92 Å². The second-order valence-corrected chi connectivity index (χ2v) is 8.19. The molecule has 1 aliphatic carbocycles. The van der Waals surface area contributed by atoms with Gasteiger partial charge in [-0.1, -0.05) is 6.07 Å². The van der Waals surface area contributed by atoms with Gasteiger partial charge in [0.2, 0.25) is 5.91 Å². The minimum absolute atomic E-state index is 0.116. The number of benzene rings is 2. The van der Waals surface area contributed by atoms with Crippen LogP contribution in [0.3, 0.4) is 0 Å². The third-order valence-corrected chi connectivity index (χ3v) is 6.05. The van der Waals surface area contributed by atoms with Crippen molar-refractivity contribution < 1.29 is 9.53 Å². The summed E-state index contributed by atoms with van der Waals surface area (Å²) in [5.74, 6) is 1.07. The molecular weight excluding hydrogens is 378 g/mol. The summed E-state index contributed by atoms with van der Waals surface area (Å²) in [6.45, 7) is 3.97. The van der Waals surface area contributed by atoms with E-state index in [4.69, 9.17) is 14.7 Å². The molecule has 152 valence electrons. The van der Waals surface area contributed by atoms with Gasteiger partial charge in [-0.3, -0.25) is 9.79 Å². The molecule has 7 heteroatoms. The third-order valence-electron chi connectivity index (χ3n) is 6.05. The van der Waals surface area contributed by atoms with Crippen LogP contribution in [0.4, 0.5) is 11.4 Å². The fourth-order valence-electron chi connectivity index (χ4n) is 4.18. The highest BCUT2D eigenvalue weighted by molar-refractivity contribution is 6.14. The maximum absolute atomic E-state index is 12.1. The van der Waals surface area contributed by atoms with Gasteiger partial charge in [-0.25, -0.2) is 4.98 Å². The summed E-state index contributed by atoms with van der Waals surface area (Å²) in [6, 6.07) is 12.4. The van der Waals surface area contributed by atoms with E-state index in [9.17, 15) is 4.79 Å². The van der Waals surface area contributed by atoms with Gasteiger partial charge >= 0.3 is 0 Å². The Morgan fingerprint density at radius 3 is 2.83 bits per heavy atom. The zero-order valence-electron chi connectivity index (χ0n) is 16.6. The predicted octanol–water partition coefficient (Wildman–Crippen LogP) is 3.10. The maximum atomic E-state index is 12.1. The molecule has 0 spiro atoms. The molecule has 1 saturated heterocycles. The van der Waals surface area contributed by atoms with Crippen molar-refractivity contribution in [2.75, 3.05) is 36.5 Å². The summed E-state index contributed by atoms with van der Waals surface area (Å²) < 4.78 is 5.46. The van der Waals surface area contributed by atoms with Crippen LogP contribution in [-0.2, 0) is 16.1 Å². The SMILES string of the molecule is O=C(Nc1ccc2c(c1)C(c1nc3ccc(N4CCOCC4)cc3[nH]1)=NC2)C1CC1. The number of nitrogens with one attached hydrogen (secondary N) is 2. The number of aromatic amines is 1. The van der Waals surface area contributed by atoms with Crippen molar-refractivity contribution in [3.05, 3.63) is 53.3 Å². The number of hydrogen-bond acceptors (Lipinski definition) is 5. The van der Waals surface area contributed by atoms with Crippen molar-refractivity contribution in [3.8, 4) is 0 Å². The molecule has 1 aromatic heterocycles. The highest BCUT2D eigenvalue weighted by Gasteiger charge is 2.30. The van der Waals surface area contributed by atoms with Gasteiger partial charge in [0.25, 0.3) is 0 Å². The standard InChI is InChI=1S/C23H23N5O2/c29-23(14-1-2-14)25-16-4-3-15-13-24-21(18(15)11-16)22-26-19-6-5-17(12-20(19)27-22)28-7-9-30-10-8-28/h3-6,11-12,14H,1-2,7-10,13H2,(H,25,29)(H,26,27). The van der Waals surface area contributed by atoms with Gasteiger partial charge in [0, 0.05) is 35.9 Å². The number of carbonyl (C=O) groups excluding carboxylic acids is 1. The van der Waals surface area contributed by atoms with Crippen LogP contribution in [0.15, 0.2) is 41.4 Å². The van der Waals surface area contributed by atoms with Crippen LogP contribution in [-0.4, -0.2) is 47.9 Å². The van der Waals surface area contributed by atoms with E-state index < -0.39 is 0 Å². The van der Waals surface area contributed by atoms with Crippen LogP contribution in [0.2, 0.25) is 0 Å². The maximum Gasteiger partial charge on any atom is 0.227 e. The number of H-pyrrole nitrogens is 1. The molecular formula is C23H23N5O2. The lowest BCUT2D eigenvalue weighted by atomic mass is 10.0. The molecule has 1 saturated carbocycles. The lowest BCUT2D eigenvalue weighted by Crippen LogP contribution is -2.36. The molecule has 1 amide bonds. The zero-order chi connectivity index (χ0) is 20.1. The highest BCUT2D eigenvalue weighted by Crippen LogP contribution is 2.31. The second-order valence-electron chi connectivity index (χ2n) is 8.19. The smallest absolute Gasteiger partial charge is 0.227 e. The number of nitrogens with zero attached hydrogens (tertiary/aromatic N) is 3. The first-order valence-corrected chi connectivity index (χ1v) is 10.6. The Hall–Kier alpha value is -3.19. The van der Waals surface area contributed by atoms with Crippen LogP contribution in [0.25, 0.3) is 11.0 Å². The number of ether oxygens (including phenoxy) is 1. The zero-order valence-corrected chi connectivity index (χ0v) is 16.6. The molecule has 0 atom stereocenters. The molecule has 2 fully saturated rings. The molecule has 0 radical (unpaired) electrons. The van der Waals surface area contributed by atoms with Gasteiger partial charge in [-0.2, -0.15) is 0 Å². The molecule has 3 heterocycles. The summed E-state index contributed by atoms with van der Waals surface area (Å²) in [4.78, 5) is 27.5. The quantitative estimate of drug-likeness (QED) is 0.704. The Balaban J connectivity index is 1.30. The van der Waals surface area contributed by atoms with Crippen LogP contribution < -0.4 is 10.2 Å². The van der Waals surface area contributed by atoms with Crippen molar-refractivity contribution in [3.63, 3.8) is 0 Å². The highest BCUT2D eigenvalue weighted by atomic mass is 16.5. The van der Waals surface area contributed by atoms with Crippen molar-refractivity contribution in [1.82, 2.24) is 9.97 Å². The minimum Gasteiger partial charge on any atom is -0.378 e. The Morgan fingerprint density at radius 1 is 1.13 bits per heavy atom. The normalized spacial score (nSPS) is 18.4. The van der Waals surface area contributed by atoms with Crippen LogP contribution >= 0.6 is 0 Å². The van der Waals surface area contributed by atoms with E-state index >= 15 is 0 Å². The van der Waals surface area contributed by atoms with Gasteiger partial charge < -0.3 is 19.9 Å². The summed E-state index contributed by atoms with van der Waals surface area (Å²) >= 11 is 0. The topological polar surface area (TPSA) is 82.6 Å². The molecule has 2 aromatic carbocycles. The van der Waals surface area contributed by atoms with Gasteiger partial charge in [-0.15, -0.1) is 0 Å². The third kappa shape index (κ3) is 3.15.